The summed E-state index contributed by atoms with van der Waals surface area (Å²) in [6.45, 7) is 0. The molecule has 0 aromatic carbocycles. The Morgan fingerprint density at radius 2 is 2.18 bits per heavy atom. The second kappa shape index (κ2) is 3.59. The number of hydrogen-bond donors (Lipinski definition) is 2. The van der Waals surface area contributed by atoms with Crippen LogP contribution in [0.5, 0.6) is 0 Å². The summed E-state index contributed by atoms with van der Waals surface area (Å²) < 4.78 is 38.9. The van der Waals surface area contributed by atoms with Gasteiger partial charge in [-0.25, -0.2) is 4.79 Å². The Balaban J connectivity index is 2.45. The molecule has 96 valence electrons. The summed E-state index contributed by atoms with van der Waals surface area (Å²) in [5.74, 6) is -1.19. The fraction of sp³-hybridized carbons (Fsp3) is 0.778. The molecule has 0 bridgehead atoms. The lowest BCUT2D eigenvalue weighted by molar-refractivity contribution is -0.312. The molecule has 1 fully saturated rings. The molecule has 0 spiro atoms. The van der Waals surface area contributed by atoms with Crippen molar-refractivity contribution < 1.29 is 23.1 Å². The number of halogens is 3. The van der Waals surface area contributed by atoms with Gasteiger partial charge >= 0.3 is 12.2 Å². The Bertz CT molecular complexity index is 382. The van der Waals surface area contributed by atoms with Crippen LogP contribution in [0.25, 0.3) is 0 Å². The molecule has 8 heteroatoms. The minimum atomic E-state index is -4.98. The number of aliphatic hydroxyl groups is 1. The summed E-state index contributed by atoms with van der Waals surface area (Å²) in [5, 5.41) is 13.3. The number of nitrogens with two attached hydrogens (primary N) is 1. The highest BCUT2D eigenvalue weighted by Crippen LogP contribution is 2.47. The topological polar surface area (TPSA) is 78.9 Å². The number of hydrazone groups is 1. The van der Waals surface area contributed by atoms with Crippen molar-refractivity contribution in [3.8, 4) is 0 Å². The quantitative estimate of drug-likeness (QED) is 0.678. The van der Waals surface area contributed by atoms with E-state index in [0.717, 1.165) is 0 Å². The second-order valence-electron chi connectivity index (χ2n) is 4.26. The summed E-state index contributed by atoms with van der Waals surface area (Å²) in [5.41, 5.74) is 1.76. The first-order valence-corrected chi connectivity index (χ1v) is 5.24. The largest absolute Gasteiger partial charge is 0.439 e. The smallest absolute Gasteiger partial charge is 0.361 e. The third-order valence-electron chi connectivity index (χ3n) is 3.24. The zero-order valence-corrected chi connectivity index (χ0v) is 8.87. The Morgan fingerprint density at radius 3 is 2.71 bits per heavy atom. The molecule has 1 aliphatic carbocycles. The van der Waals surface area contributed by atoms with Gasteiger partial charge in [-0.2, -0.15) is 23.3 Å². The maximum absolute atomic E-state index is 13.0. The lowest BCUT2D eigenvalue weighted by Crippen LogP contribution is -2.62. The molecule has 2 rings (SSSR count). The van der Waals surface area contributed by atoms with Crippen molar-refractivity contribution in [3.05, 3.63) is 0 Å². The predicted octanol–water partition coefficient (Wildman–Crippen LogP) is 1.18. The number of nitrogens with zero attached hydrogens (tertiary/aromatic N) is 2. The number of carbonyl (C=O) groups excluding carboxylic acids is 1. The lowest BCUT2D eigenvalue weighted by Gasteiger charge is -2.37. The van der Waals surface area contributed by atoms with Crippen LogP contribution in [0.4, 0.5) is 18.0 Å². The van der Waals surface area contributed by atoms with E-state index in [-0.39, 0.29) is 17.1 Å². The number of amides is 2. The third-order valence-corrected chi connectivity index (χ3v) is 3.24. The van der Waals surface area contributed by atoms with Crippen molar-refractivity contribution in [2.75, 3.05) is 0 Å². The van der Waals surface area contributed by atoms with E-state index in [0.29, 0.717) is 19.3 Å². The van der Waals surface area contributed by atoms with E-state index in [2.05, 4.69) is 5.10 Å². The van der Waals surface area contributed by atoms with Crippen LogP contribution >= 0.6 is 0 Å². The highest BCUT2D eigenvalue weighted by molar-refractivity contribution is 5.92. The van der Waals surface area contributed by atoms with Crippen molar-refractivity contribution in [1.29, 1.82) is 0 Å². The molecule has 17 heavy (non-hydrogen) atoms. The van der Waals surface area contributed by atoms with Gasteiger partial charge in [0.25, 0.3) is 5.72 Å². The molecule has 5 nitrogen and oxygen atoms in total. The van der Waals surface area contributed by atoms with Gasteiger partial charge in [0.2, 0.25) is 0 Å². The number of rotatable bonds is 0. The minimum Gasteiger partial charge on any atom is -0.361 e. The first-order valence-electron chi connectivity index (χ1n) is 5.24. The summed E-state index contributed by atoms with van der Waals surface area (Å²) in [6.07, 6.45) is -3.20. The highest BCUT2D eigenvalue weighted by Gasteiger charge is 2.68. The third kappa shape index (κ3) is 1.58. The SMILES string of the molecule is NC(=O)N1N=C2CCCCC2C1(O)C(F)(F)F. The van der Waals surface area contributed by atoms with Gasteiger partial charge in [0.1, 0.15) is 0 Å². The van der Waals surface area contributed by atoms with E-state index < -0.39 is 23.9 Å². The summed E-state index contributed by atoms with van der Waals surface area (Å²) >= 11 is 0. The normalized spacial score (nSPS) is 33.3. The van der Waals surface area contributed by atoms with Crippen LogP contribution in [0.1, 0.15) is 25.7 Å². The molecule has 1 heterocycles. The van der Waals surface area contributed by atoms with Crippen molar-refractivity contribution in [1.82, 2.24) is 5.01 Å². The van der Waals surface area contributed by atoms with Gasteiger partial charge in [0, 0.05) is 5.71 Å². The molecule has 1 saturated carbocycles. The van der Waals surface area contributed by atoms with Crippen LogP contribution in [-0.2, 0) is 0 Å². The van der Waals surface area contributed by atoms with Gasteiger partial charge in [0.05, 0.1) is 5.92 Å². The lowest BCUT2D eigenvalue weighted by atomic mass is 9.80. The Kier molecular flexibility index (Phi) is 2.57. The fourth-order valence-corrected chi connectivity index (χ4v) is 2.44. The molecule has 0 aromatic rings. The molecule has 2 atom stereocenters. The van der Waals surface area contributed by atoms with E-state index in [9.17, 15) is 23.1 Å². The standard InChI is InChI=1S/C9H12F3N3O2/c10-9(11,12)8(17)5-3-1-2-4-6(5)14-15(8)7(13)16/h5,17H,1-4H2,(H2,13,16). The van der Waals surface area contributed by atoms with Gasteiger partial charge < -0.3 is 10.8 Å². The van der Waals surface area contributed by atoms with Gasteiger partial charge in [0.15, 0.2) is 0 Å². The van der Waals surface area contributed by atoms with Gasteiger partial charge in [-0.15, -0.1) is 0 Å². The minimum absolute atomic E-state index is 0.0294. The molecule has 2 amide bonds. The Hall–Kier alpha value is -1.31. The van der Waals surface area contributed by atoms with Gasteiger partial charge in [-0.1, -0.05) is 6.42 Å². The molecule has 2 unspecified atom stereocenters. The van der Waals surface area contributed by atoms with E-state index in [4.69, 9.17) is 5.73 Å². The number of carbonyl (C=O) groups is 1. The Morgan fingerprint density at radius 1 is 1.53 bits per heavy atom. The number of fused-ring (bicyclic) bond motifs is 1. The molecule has 0 radical (unpaired) electrons. The monoisotopic (exact) mass is 251 g/mol. The van der Waals surface area contributed by atoms with Gasteiger partial charge in [-0.05, 0) is 19.3 Å². The van der Waals surface area contributed by atoms with E-state index in [1.807, 2.05) is 0 Å². The van der Waals surface area contributed by atoms with Crippen molar-refractivity contribution in [2.45, 2.75) is 37.6 Å². The maximum Gasteiger partial charge on any atom is 0.439 e. The average Bonchev–Trinajstić information content (AvgIpc) is 2.54. The predicted molar refractivity (Wildman–Crippen MR) is 51.8 cm³/mol. The molecule has 3 N–H and O–H groups in total. The molecular weight excluding hydrogens is 239 g/mol. The van der Waals surface area contributed by atoms with Crippen molar-refractivity contribution in [2.24, 2.45) is 16.8 Å². The number of primary amides is 1. The highest BCUT2D eigenvalue weighted by atomic mass is 19.4. The van der Waals surface area contributed by atoms with E-state index >= 15 is 0 Å². The first kappa shape index (κ1) is 12.2. The number of alkyl halides is 3. The van der Waals surface area contributed by atoms with Crippen LogP contribution in [0, 0.1) is 5.92 Å². The Labute approximate surface area is 95.1 Å². The van der Waals surface area contributed by atoms with E-state index in [1.54, 1.807) is 0 Å². The molecule has 0 aromatic heterocycles. The molecule has 2 aliphatic rings. The number of hydrogen-bond acceptors (Lipinski definition) is 3. The summed E-state index contributed by atoms with van der Waals surface area (Å²) in [4.78, 5) is 11.0. The van der Waals surface area contributed by atoms with Crippen molar-refractivity contribution >= 4 is 11.7 Å². The molecule has 1 aliphatic heterocycles. The van der Waals surface area contributed by atoms with Crippen LogP contribution in [0.2, 0.25) is 0 Å². The average molecular weight is 251 g/mol. The summed E-state index contributed by atoms with van der Waals surface area (Å²) in [7, 11) is 0. The van der Waals surface area contributed by atoms with Crippen LogP contribution in [-0.4, -0.2) is 33.8 Å². The molecule has 0 saturated heterocycles. The van der Waals surface area contributed by atoms with E-state index in [1.165, 1.54) is 0 Å². The fourth-order valence-electron chi connectivity index (χ4n) is 2.44. The summed E-state index contributed by atoms with van der Waals surface area (Å²) in [6, 6.07) is -1.40. The zero-order valence-electron chi connectivity index (χ0n) is 8.87. The second-order valence-corrected chi connectivity index (χ2v) is 4.26. The number of urea groups is 1. The zero-order chi connectivity index (χ0) is 12.8. The maximum atomic E-state index is 13.0. The molecular formula is C9H12F3N3O2. The van der Waals surface area contributed by atoms with Crippen LogP contribution in [0.15, 0.2) is 5.10 Å². The van der Waals surface area contributed by atoms with Crippen LogP contribution < -0.4 is 5.73 Å². The van der Waals surface area contributed by atoms with Crippen molar-refractivity contribution in [3.63, 3.8) is 0 Å². The van der Waals surface area contributed by atoms with Crippen LogP contribution in [0.3, 0.4) is 0 Å². The van der Waals surface area contributed by atoms with Gasteiger partial charge in [-0.3, -0.25) is 0 Å². The first-order chi connectivity index (χ1) is 7.78.